The molecule has 71 valence electrons. The Labute approximate surface area is 86.7 Å². The van der Waals surface area contributed by atoms with E-state index in [-0.39, 0.29) is 0 Å². The number of benzene rings is 1. The number of fused-ring (bicyclic) bond motifs is 1. The number of halogens is 1. The van der Waals surface area contributed by atoms with Crippen LogP contribution in [0.2, 0.25) is 5.15 Å². The zero-order valence-electron chi connectivity index (χ0n) is 7.62. The van der Waals surface area contributed by atoms with Crippen molar-refractivity contribution in [1.29, 1.82) is 0 Å². The molecule has 4 heteroatoms. The summed E-state index contributed by atoms with van der Waals surface area (Å²) in [6.45, 7) is 2.52. The van der Waals surface area contributed by atoms with Crippen molar-refractivity contribution in [2.45, 2.75) is 6.92 Å². The van der Waals surface area contributed by atoms with Crippen molar-refractivity contribution in [3.63, 3.8) is 0 Å². The Kier molecular flexibility index (Phi) is 2.50. The highest BCUT2D eigenvalue weighted by atomic mass is 35.5. The molecule has 14 heavy (non-hydrogen) atoms. The molecule has 3 nitrogen and oxygen atoms in total. The van der Waals surface area contributed by atoms with Gasteiger partial charge in [0.1, 0.15) is 17.2 Å². The maximum atomic E-state index is 5.89. The van der Waals surface area contributed by atoms with Gasteiger partial charge in [-0.3, -0.25) is 0 Å². The van der Waals surface area contributed by atoms with E-state index >= 15 is 0 Å². The monoisotopic (exact) mass is 207 g/mol. The highest BCUT2D eigenvalue weighted by Crippen LogP contribution is 2.23. The second-order valence-corrected chi connectivity index (χ2v) is 3.04. The smallest absolute Gasteiger partial charge is 0.141 e. The number of hydrogen-bond acceptors (Lipinski definition) is 3. The van der Waals surface area contributed by atoms with Gasteiger partial charge in [0, 0.05) is 11.5 Å². The van der Waals surface area contributed by atoms with Crippen molar-refractivity contribution >= 4 is 22.5 Å². The van der Waals surface area contributed by atoms with E-state index in [4.69, 9.17) is 16.3 Å². The molecule has 2 aromatic rings. The molecule has 0 fully saturated rings. The number of nitrogens with zero attached hydrogens (tertiary/aromatic N) is 2. The summed E-state index contributed by atoms with van der Waals surface area (Å²) in [6, 6.07) is 6.67. The molecule has 1 aromatic carbocycles. The first-order valence-corrected chi connectivity index (χ1v) is 4.64. The second-order valence-electron chi connectivity index (χ2n) is 2.68. The summed E-state index contributed by atoms with van der Waals surface area (Å²) in [7, 11) is 0. The van der Waals surface area contributed by atoms with Crippen LogP contribution in [-0.2, 0) is 0 Å². The molecule has 0 atom stereocenters. The molecular weight excluding hydrogens is 200 g/mol. The topological polar surface area (TPSA) is 35.0 Å². The molecule has 0 aliphatic heterocycles. The number of rotatable bonds is 2. The molecular formula is C10H8ClN2O. The minimum Gasteiger partial charge on any atom is -0.493 e. The molecule has 1 aromatic heterocycles. The third kappa shape index (κ3) is 1.63. The van der Waals surface area contributed by atoms with E-state index in [1.165, 1.54) is 6.33 Å². The Bertz CT molecular complexity index is 459. The first-order chi connectivity index (χ1) is 6.81. The summed E-state index contributed by atoms with van der Waals surface area (Å²) in [4.78, 5) is 7.94. The predicted molar refractivity (Wildman–Crippen MR) is 54.6 cm³/mol. The highest BCUT2D eigenvalue weighted by Gasteiger charge is 2.03. The van der Waals surface area contributed by atoms with Crippen LogP contribution < -0.4 is 4.74 Å². The van der Waals surface area contributed by atoms with E-state index in [1.54, 1.807) is 0 Å². The molecule has 1 radical (unpaired) electrons. The predicted octanol–water partition coefficient (Wildman–Crippen LogP) is 2.48. The van der Waals surface area contributed by atoms with E-state index in [2.05, 4.69) is 16.0 Å². The van der Waals surface area contributed by atoms with Gasteiger partial charge in [-0.15, -0.1) is 0 Å². The van der Waals surface area contributed by atoms with Crippen LogP contribution in [0.1, 0.15) is 6.92 Å². The Hall–Kier alpha value is -1.35. The Morgan fingerprint density at radius 2 is 2.29 bits per heavy atom. The van der Waals surface area contributed by atoms with Gasteiger partial charge in [-0.2, -0.15) is 0 Å². The summed E-state index contributed by atoms with van der Waals surface area (Å²) in [5.74, 6) is 0.664. The molecule has 1 heterocycles. The Morgan fingerprint density at radius 1 is 1.43 bits per heavy atom. The molecule has 2 rings (SSSR count). The van der Waals surface area contributed by atoms with Crippen LogP contribution in [0.5, 0.6) is 5.75 Å². The van der Waals surface area contributed by atoms with E-state index in [9.17, 15) is 0 Å². The van der Waals surface area contributed by atoms with Crippen molar-refractivity contribution in [2.24, 2.45) is 0 Å². The SMILES string of the molecule is CCOc1[c]c2c(Cl)ncnc2cc1. The van der Waals surface area contributed by atoms with Gasteiger partial charge >= 0.3 is 0 Å². The molecule has 0 unspecified atom stereocenters. The molecule has 0 amide bonds. The van der Waals surface area contributed by atoms with Gasteiger partial charge in [0.05, 0.1) is 12.1 Å². The lowest BCUT2D eigenvalue weighted by Gasteiger charge is -2.03. The van der Waals surface area contributed by atoms with Crippen LogP contribution in [0.25, 0.3) is 10.9 Å². The Morgan fingerprint density at radius 3 is 3.07 bits per heavy atom. The molecule has 0 saturated heterocycles. The zero-order chi connectivity index (χ0) is 9.97. The van der Waals surface area contributed by atoms with Crippen LogP contribution in [0.3, 0.4) is 0 Å². The van der Waals surface area contributed by atoms with E-state index in [0.717, 1.165) is 5.52 Å². The van der Waals surface area contributed by atoms with E-state index in [0.29, 0.717) is 22.9 Å². The first kappa shape index (κ1) is 9.21. The van der Waals surface area contributed by atoms with Crippen LogP contribution in [0, 0.1) is 6.07 Å². The van der Waals surface area contributed by atoms with Crippen molar-refractivity contribution in [2.75, 3.05) is 6.61 Å². The summed E-state index contributed by atoms with van der Waals surface area (Å²) in [6.07, 6.45) is 1.43. The van der Waals surface area contributed by atoms with Gasteiger partial charge in [0.2, 0.25) is 0 Å². The average Bonchev–Trinajstić information content (AvgIpc) is 2.20. The molecule has 0 aliphatic rings. The van der Waals surface area contributed by atoms with Crippen LogP contribution >= 0.6 is 11.6 Å². The van der Waals surface area contributed by atoms with Gasteiger partial charge in [-0.05, 0) is 19.1 Å². The van der Waals surface area contributed by atoms with Crippen molar-refractivity contribution < 1.29 is 4.74 Å². The van der Waals surface area contributed by atoms with Gasteiger partial charge in [0.25, 0.3) is 0 Å². The average molecular weight is 208 g/mol. The quantitative estimate of drug-likeness (QED) is 0.710. The third-order valence-corrected chi connectivity index (χ3v) is 2.06. The maximum Gasteiger partial charge on any atom is 0.141 e. The van der Waals surface area contributed by atoms with Gasteiger partial charge < -0.3 is 4.74 Å². The molecule has 0 aliphatic carbocycles. The lowest BCUT2D eigenvalue weighted by atomic mass is 10.2. The highest BCUT2D eigenvalue weighted by molar-refractivity contribution is 6.33. The first-order valence-electron chi connectivity index (χ1n) is 4.26. The molecule has 0 N–H and O–H groups in total. The van der Waals surface area contributed by atoms with Gasteiger partial charge in [-0.1, -0.05) is 11.6 Å². The van der Waals surface area contributed by atoms with E-state index < -0.39 is 0 Å². The van der Waals surface area contributed by atoms with Crippen LogP contribution in [0.15, 0.2) is 18.5 Å². The lowest BCUT2D eigenvalue weighted by molar-refractivity contribution is 0.340. The zero-order valence-corrected chi connectivity index (χ0v) is 8.38. The molecule has 0 bridgehead atoms. The molecule has 0 saturated carbocycles. The minimum absolute atomic E-state index is 0.400. The standard InChI is InChI=1S/C10H8ClN2O/c1-2-14-7-3-4-9-8(5-7)10(11)13-6-12-9/h3-4,6H,2H2,1H3. The summed E-state index contributed by atoms with van der Waals surface area (Å²) < 4.78 is 5.30. The fourth-order valence-electron chi connectivity index (χ4n) is 1.18. The summed E-state index contributed by atoms with van der Waals surface area (Å²) >= 11 is 5.89. The fourth-order valence-corrected chi connectivity index (χ4v) is 1.37. The summed E-state index contributed by atoms with van der Waals surface area (Å²) in [5, 5.41) is 1.09. The van der Waals surface area contributed by atoms with Gasteiger partial charge in [0.15, 0.2) is 0 Å². The second kappa shape index (κ2) is 3.80. The lowest BCUT2D eigenvalue weighted by Crippen LogP contribution is -1.92. The van der Waals surface area contributed by atoms with E-state index in [1.807, 2.05) is 19.1 Å². The summed E-state index contributed by atoms with van der Waals surface area (Å²) in [5.41, 5.74) is 0.772. The number of aromatic nitrogens is 2. The Balaban J connectivity index is 2.58. The normalized spacial score (nSPS) is 10.4. The van der Waals surface area contributed by atoms with Crippen LogP contribution in [-0.4, -0.2) is 16.6 Å². The largest absolute Gasteiger partial charge is 0.493 e. The fraction of sp³-hybridized carbons (Fsp3) is 0.200. The van der Waals surface area contributed by atoms with Crippen molar-refractivity contribution in [3.8, 4) is 5.75 Å². The minimum atomic E-state index is 0.400. The number of hydrogen-bond donors (Lipinski definition) is 0. The number of ether oxygens (including phenoxy) is 1. The van der Waals surface area contributed by atoms with Crippen molar-refractivity contribution in [1.82, 2.24) is 9.97 Å². The maximum absolute atomic E-state index is 5.89. The van der Waals surface area contributed by atoms with Crippen molar-refractivity contribution in [3.05, 3.63) is 29.7 Å². The van der Waals surface area contributed by atoms with Crippen LogP contribution in [0.4, 0.5) is 0 Å². The third-order valence-electron chi connectivity index (χ3n) is 1.77. The van der Waals surface area contributed by atoms with Gasteiger partial charge in [-0.25, -0.2) is 9.97 Å². The molecule has 0 spiro atoms.